The number of nitrogens with zero attached hydrogens (tertiary/aromatic N) is 1. The molecule has 16 heavy (non-hydrogen) atoms. The van der Waals surface area contributed by atoms with E-state index in [0.29, 0.717) is 6.54 Å². The van der Waals surface area contributed by atoms with Crippen molar-refractivity contribution in [3.05, 3.63) is 17.5 Å². The Balaban J connectivity index is 1.86. The molecule has 0 aromatic carbocycles. The molecule has 0 radical (unpaired) electrons. The molecular formula is C11H17N3O2. The maximum atomic E-state index is 11.6. The van der Waals surface area contributed by atoms with Crippen LogP contribution in [0.2, 0.25) is 0 Å². The van der Waals surface area contributed by atoms with Crippen molar-refractivity contribution < 1.29 is 9.32 Å². The Morgan fingerprint density at radius 3 is 3.25 bits per heavy atom. The second-order valence-electron chi connectivity index (χ2n) is 4.15. The summed E-state index contributed by atoms with van der Waals surface area (Å²) in [6.07, 6.45) is 3.02. The van der Waals surface area contributed by atoms with Crippen LogP contribution in [0.15, 0.2) is 10.6 Å². The van der Waals surface area contributed by atoms with Gasteiger partial charge >= 0.3 is 0 Å². The Bertz CT molecular complexity index is 362. The Hall–Kier alpha value is -1.36. The number of rotatable bonds is 3. The van der Waals surface area contributed by atoms with Gasteiger partial charge in [0.05, 0.1) is 18.3 Å². The minimum Gasteiger partial charge on any atom is -0.360 e. The molecule has 5 nitrogen and oxygen atoms in total. The minimum absolute atomic E-state index is 0.0914. The van der Waals surface area contributed by atoms with Crippen LogP contribution in [0.4, 0.5) is 0 Å². The smallest absolute Gasteiger partial charge is 0.237 e. The van der Waals surface area contributed by atoms with Gasteiger partial charge in [-0.05, 0) is 26.2 Å². The van der Waals surface area contributed by atoms with Crippen molar-refractivity contribution in [2.75, 3.05) is 6.54 Å². The average molecular weight is 223 g/mol. The lowest BCUT2D eigenvalue weighted by atomic mass is 10.1. The number of aryl methyl sites for hydroxylation is 1. The molecule has 2 rings (SSSR count). The largest absolute Gasteiger partial charge is 0.360 e. The number of hydrogen-bond donors (Lipinski definition) is 2. The lowest BCUT2D eigenvalue weighted by Gasteiger charge is -2.13. The minimum atomic E-state index is -0.104. The van der Waals surface area contributed by atoms with Crippen molar-refractivity contribution >= 4 is 5.91 Å². The van der Waals surface area contributed by atoms with Crippen LogP contribution >= 0.6 is 0 Å². The zero-order valence-electron chi connectivity index (χ0n) is 9.45. The molecule has 1 unspecified atom stereocenters. The van der Waals surface area contributed by atoms with Crippen LogP contribution in [-0.4, -0.2) is 23.7 Å². The number of hydrogen-bond acceptors (Lipinski definition) is 4. The molecule has 1 aromatic rings. The summed E-state index contributed by atoms with van der Waals surface area (Å²) < 4.78 is 5.08. The Kier molecular flexibility index (Phi) is 3.56. The maximum Gasteiger partial charge on any atom is 0.237 e. The van der Waals surface area contributed by atoms with Gasteiger partial charge in [-0.2, -0.15) is 0 Å². The third-order valence-electron chi connectivity index (χ3n) is 2.73. The molecule has 0 aliphatic carbocycles. The molecule has 1 aliphatic heterocycles. The molecule has 1 atom stereocenters. The lowest BCUT2D eigenvalue weighted by molar-refractivity contribution is -0.122. The highest BCUT2D eigenvalue weighted by Crippen LogP contribution is 2.07. The van der Waals surface area contributed by atoms with Gasteiger partial charge in [0.15, 0.2) is 5.76 Å². The zero-order chi connectivity index (χ0) is 11.4. The molecule has 1 aliphatic rings. The normalized spacial score (nSPS) is 21.6. The van der Waals surface area contributed by atoms with E-state index in [2.05, 4.69) is 15.8 Å². The van der Waals surface area contributed by atoms with Crippen LogP contribution in [-0.2, 0) is 11.3 Å². The maximum absolute atomic E-state index is 11.6. The second-order valence-corrected chi connectivity index (χ2v) is 4.15. The monoisotopic (exact) mass is 223 g/mol. The van der Waals surface area contributed by atoms with Crippen LogP contribution in [0.25, 0.3) is 0 Å². The van der Waals surface area contributed by atoms with Crippen molar-refractivity contribution in [2.24, 2.45) is 0 Å². The van der Waals surface area contributed by atoms with Gasteiger partial charge in [-0.15, -0.1) is 0 Å². The fourth-order valence-electron chi connectivity index (χ4n) is 1.86. The topological polar surface area (TPSA) is 67.2 Å². The van der Waals surface area contributed by atoms with E-state index in [1.54, 1.807) is 0 Å². The summed E-state index contributed by atoms with van der Waals surface area (Å²) in [6.45, 7) is 3.22. The fraction of sp³-hybridized carbons (Fsp3) is 0.636. The van der Waals surface area contributed by atoms with Crippen LogP contribution in [0.5, 0.6) is 0 Å². The van der Waals surface area contributed by atoms with E-state index >= 15 is 0 Å². The van der Waals surface area contributed by atoms with Crippen molar-refractivity contribution in [3.63, 3.8) is 0 Å². The second kappa shape index (κ2) is 5.12. The average Bonchev–Trinajstić information content (AvgIpc) is 2.56. The third-order valence-corrected chi connectivity index (χ3v) is 2.73. The lowest BCUT2D eigenvalue weighted by Crippen LogP contribution is -2.42. The number of nitrogens with one attached hydrogen (secondary N) is 2. The van der Waals surface area contributed by atoms with E-state index in [4.69, 9.17) is 4.52 Å². The van der Waals surface area contributed by atoms with Gasteiger partial charge < -0.3 is 9.84 Å². The molecule has 0 saturated carbocycles. The van der Waals surface area contributed by atoms with Gasteiger partial charge in [0, 0.05) is 12.6 Å². The molecular weight excluding hydrogens is 206 g/mol. The first-order chi connectivity index (χ1) is 7.75. The van der Waals surface area contributed by atoms with Crippen molar-refractivity contribution in [3.8, 4) is 0 Å². The SMILES string of the molecule is Cc1cc(CNC2CCCCNC2=O)on1. The van der Waals surface area contributed by atoms with Gasteiger partial charge in [0.2, 0.25) is 5.91 Å². The summed E-state index contributed by atoms with van der Waals surface area (Å²) in [6, 6.07) is 1.77. The quantitative estimate of drug-likeness (QED) is 0.793. The predicted molar refractivity (Wildman–Crippen MR) is 58.7 cm³/mol. The standard InChI is InChI=1S/C11H17N3O2/c1-8-6-9(16-14-8)7-13-10-4-2-3-5-12-11(10)15/h6,10,13H,2-5,7H2,1H3,(H,12,15). The zero-order valence-corrected chi connectivity index (χ0v) is 9.45. The molecule has 0 spiro atoms. The van der Waals surface area contributed by atoms with Crippen molar-refractivity contribution in [2.45, 2.75) is 38.8 Å². The number of aromatic nitrogens is 1. The Morgan fingerprint density at radius 2 is 2.50 bits per heavy atom. The molecule has 5 heteroatoms. The highest BCUT2D eigenvalue weighted by atomic mass is 16.5. The molecule has 1 saturated heterocycles. The summed E-state index contributed by atoms with van der Waals surface area (Å²) in [5, 5.41) is 9.89. The predicted octanol–water partition coefficient (Wildman–Crippen LogP) is 0.741. The summed E-state index contributed by atoms with van der Waals surface area (Å²) in [5.74, 6) is 0.864. The third kappa shape index (κ3) is 2.82. The first-order valence-corrected chi connectivity index (χ1v) is 5.69. The summed E-state index contributed by atoms with van der Waals surface area (Å²) in [4.78, 5) is 11.6. The van der Waals surface area contributed by atoms with E-state index in [9.17, 15) is 4.79 Å². The number of amides is 1. The Morgan fingerprint density at radius 1 is 1.62 bits per heavy atom. The van der Waals surface area contributed by atoms with Crippen LogP contribution in [0, 0.1) is 6.92 Å². The van der Waals surface area contributed by atoms with E-state index in [1.807, 2.05) is 13.0 Å². The van der Waals surface area contributed by atoms with Crippen molar-refractivity contribution in [1.82, 2.24) is 15.8 Å². The molecule has 2 N–H and O–H groups in total. The summed E-state index contributed by atoms with van der Waals surface area (Å²) in [5.41, 5.74) is 0.863. The van der Waals surface area contributed by atoms with E-state index in [0.717, 1.165) is 37.3 Å². The van der Waals surface area contributed by atoms with Gasteiger partial charge in [-0.25, -0.2) is 0 Å². The number of carbonyl (C=O) groups excluding carboxylic acids is 1. The molecule has 1 fully saturated rings. The highest BCUT2D eigenvalue weighted by molar-refractivity contribution is 5.81. The van der Waals surface area contributed by atoms with Gasteiger partial charge in [-0.1, -0.05) is 5.16 Å². The van der Waals surface area contributed by atoms with Crippen LogP contribution in [0.3, 0.4) is 0 Å². The summed E-state index contributed by atoms with van der Waals surface area (Å²) >= 11 is 0. The number of carbonyl (C=O) groups is 1. The molecule has 1 amide bonds. The first-order valence-electron chi connectivity index (χ1n) is 5.69. The van der Waals surface area contributed by atoms with Crippen LogP contribution in [0.1, 0.15) is 30.7 Å². The molecule has 88 valence electrons. The Labute approximate surface area is 94.6 Å². The molecule has 2 heterocycles. The first kappa shape index (κ1) is 11.1. The highest BCUT2D eigenvalue weighted by Gasteiger charge is 2.20. The van der Waals surface area contributed by atoms with Crippen molar-refractivity contribution in [1.29, 1.82) is 0 Å². The van der Waals surface area contributed by atoms with Gasteiger partial charge in [0.25, 0.3) is 0 Å². The van der Waals surface area contributed by atoms with E-state index in [-0.39, 0.29) is 11.9 Å². The fourth-order valence-corrected chi connectivity index (χ4v) is 1.86. The molecule has 1 aromatic heterocycles. The van der Waals surface area contributed by atoms with Gasteiger partial charge in [-0.3, -0.25) is 10.1 Å². The van der Waals surface area contributed by atoms with Crippen LogP contribution < -0.4 is 10.6 Å². The van der Waals surface area contributed by atoms with E-state index < -0.39 is 0 Å². The van der Waals surface area contributed by atoms with E-state index in [1.165, 1.54) is 0 Å². The van der Waals surface area contributed by atoms with Gasteiger partial charge in [0.1, 0.15) is 0 Å². The summed E-state index contributed by atoms with van der Waals surface area (Å²) in [7, 11) is 0. The molecule has 0 bridgehead atoms.